The van der Waals surface area contributed by atoms with Gasteiger partial charge in [-0.3, -0.25) is 0 Å². The fraction of sp³-hybridized carbons (Fsp3) is 0.900. The minimum Gasteiger partial charge on any atom is -0.336 e. The van der Waals surface area contributed by atoms with Gasteiger partial charge in [-0.25, -0.2) is 4.79 Å². The number of amides is 2. The molecule has 0 aromatic rings. The number of carbonyl (C=O) groups is 1. The molecule has 14 heavy (non-hydrogen) atoms. The molecule has 3 N–H and O–H groups in total. The summed E-state index contributed by atoms with van der Waals surface area (Å²) < 4.78 is 0. The lowest BCUT2D eigenvalue weighted by molar-refractivity contribution is 0.192. The first-order chi connectivity index (χ1) is 6.65. The summed E-state index contributed by atoms with van der Waals surface area (Å²) in [5.41, 5.74) is 5.44. The third kappa shape index (κ3) is 3.54. The van der Waals surface area contributed by atoms with Crippen molar-refractivity contribution in [1.82, 2.24) is 10.2 Å². The standard InChI is InChI=1S/C10H21N3O/c1-8(2)12-10(14)13(7-3-6-11)9-4-5-9/h8-9H,3-7,11H2,1-2H3,(H,12,14). The maximum absolute atomic E-state index is 11.7. The monoisotopic (exact) mass is 199 g/mol. The molecular weight excluding hydrogens is 178 g/mol. The minimum atomic E-state index is 0.0657. The third-order valence-electron chi connectivity index (χ3n) is 2.26. The van der Waals surface area contributed by atoms with E-state index >= 15 is 0 Å². The van der Waals surface area contributed by atoms with Crippen LogP contribution in [0.15, 0.2) is 0 Å². The molecule has 2 amide bonds. The lowest BCUT2D eigenvalue weighted by Crippen LogP contribution is -2.44. The van der Waals surface area contributed by atoms with Gasteiger partial charge in [0, 0.05) is 18.6 Å². The van der Waals surface area contributed by atoms with Gasteiger partial charge in [0.05, 0.1) is 0 Å². The fourth-order valence-electron chi connectivity index (χ4n) is 1.43. The molecule has 0 unspecified atom stereocenters. The number of hydrogen-bond acceptors (Lipinski definition) is 2. The van der Waals surface area contributed by atoms with E-state index in [1.54, 1.807) is 0 Å². The molecule has 1 aliphatic carbocycles. The van der Waals surface area contributed by atoms with Crippen molar-refractivity contribution in [2.75, 3.05) is 13.1 Å². The molecule has 0 heterocycles. The normalized spacial score (nSPS) is 15.7. The van der Waals surface area contributed by atoms with Crippen LogP contribution in [0.4, 0.5) is 4.79 Å². The van der Waals surface area contributed by atoms with Gasteiger partial charge < -0.3 is 16.0 Å². The van der Waals surface area contributed by atoms with Crippen LogP contribution in [0.3, 0.4) is 0 Å². The molecular formula is C10H21N3O. The first-order valence-electron chi connectivity index (χ1n) is 5.42. The van der Waals surface area contributed by atoms with Crippen molar-refractivity contribution in [2.24, 2.45) is 5.73 Å². The number of nitrogens with two attached hydrogens (primary N) is 1. The Morgan fingerprint density at radius 3 is 2.64 bits per heavy atom. The Morgan fingerprint density at radius 1 is 1.57 bits per heavy atom. The topological polar surface area (TPSA) is 58.4 Å². The summed E-state index contributed by atoms with van der Waals surface area (Å²) in [7, 11) is 0. The highest BCUT2D eigenvalue weighted by Gasteiger charge is 2.32. The summed E-state index contributed by atoms with van der Waals surface area (Å²) in [6.45, 7) is 5.40. The predicted molar refractivity (Wildman–Crippen MR) is 57.1 cm³/mol. The predicted octanol–water partition coefficient (Wildman–Crippen LogP) is 0.918. The van der Waals surface area contributed by atoms with E-state index < -0.39 is 0 Å². The Morgan fingerprint density at radius 2 is 2.21 bits per heavy atom. The number of carbonyl (C=O) groups excluding carboxylic acids is 1. The van der Waals surface area contributed by atoms with Gasteiger partial charge in [-0.1, -0.05) is 0 Å². The lowest BCUT2D eigenvalue weighted by Gasteiger charge is -2.23. The molecule has 1 rings (SSSR count). The highest BCUT2D eigenvalue weighted by atomic mass is 16.2. The molecule has 0 aromatic carbocycles. The summed E-state index contributed by atoms with van der Waals surface area (Å²) in [4.78, 5) is 13.6. The lowest BCUT2D eigenvalue weighted by atomic mass is 10.3. The van der Waals surface area contributed by atoms with Crippen LogP contribution < -0.4 is 11.1 Å². The molecule has 4 nitrogen and oxygen atoms in total. The zero-order valence-corrected chi connectivity index (χ0v) is 9.12. The molecule has 0 aliphatic heterocycles. The molecule has 0 bridgehead atoms. The van der Waals surface area contributed by atoms with Crippen molar-refractivity contribution in [1.29, 1.82) is 0 Å². The summed E-state index contributed by atoms with van der Waals surface area (Å²) in [6.07, 6.45) is 3.19. The average Bonchev–Trinajstić information content (AvgIpc) is 2.87. The van der Waals surface area contributed by atoms with E-state index in [0.29, 0.717) is 12.6 Å². The molecule has 82 valence electrons. The van der Waals surface area contributed by atoms with Crippen molar-refractivity contribution in [3.63, 3.8) is 0 Å². The van der Waals surface area contributed by atoms with Gasteiger partial charge in [-0.2, -0.15) is 0 Å². The summed E-state index contributed by atoms with van der Waals surface area (Å²) in [5, 5.41) is 2.92. The van der Waals surface area contributed by atoms with Gasteiger partial charge in [0.25, 0.3) is 0 Å². The third-order valence-corrected chi connectivity index (χ3v) is 2.26. The van der Waals surface area contributed by atoms with Crippen LogP contribution in [0.2, 0.25) is 0 Å². The van der Waals surface area contributed by atoms with Gasteiger partial charge in [0.2, 0.25) is 0 Å². The van der Waals surface area contributed by atoms with Gasteiger partial charge >= 0.3 is 6.03 Å². The number of nitrogens with one attached hydrogen (secondary N) is 1. The van der Waals surface area contributed by atoms with Crippen LogP contribution in [-0.4, -0.2) is 36.1 Å². The highest BCUT2D eigenvalue weighted by molar-refractivity contribution is 5.75. The number of nitrogens with zero attached hydrogens (tertiary/aromatic N) is 1. The maximum atomic E-state index is 11.7. The van der Waals surface area contributed by atoms with E-state index in [1.165, 1.54) is 0 Å². The van der Waals surface area contributed by atoms with E-state index in [4.69, 9.17) is 5.73 Å². The highest BCUT2D eigenvalue weighted by Crippen LogP contribution is 2.26. The van der Waals surface area contributed by atoms with Crippen molar-refractivity contribution < 1.29 is 4.79 Å². The smallest absolute Gasteiger partial charge is 0.317 e. The van der Waals surface area contributed by atoms with Crippen LogP contribution in [-0.2, 0) is 0 Å². The van der Waals surface area contributed by atoms with E-state index in [9.17, 15) is 4.79 Å². The minimum absolute atomic E-state index is 0.0657. The molecule has 1 fully saturated rings. The van der Waals surface area contributed by atoms with Crippen molar-refractivity contribution in [2.45, 2.75) is 45.2 Å². The average molecular weight is 199 g/mol. The summed E-state index contributed by atoms with van der Waals surface area (Å²) >= 11 is 0. The van der Waals surface area contributed by atoms with Crippen LogP contribution >= 0.6 is 0 Å². The van der Waals surface area contributed by atoms with Crippen LogP contribution in [0.5, 0.6) is 0 Å². The van der Waals surface area contributed by atoms with E-state index in [1.807, 2.05) is 18.7 Å². The summed E-state index contributed by atoms with van der Waals surface area (Å²) in [6, 6.07) is 0.748. The maximum Gasteiger partial charge on any atom is 0.317 e. The number of hydrogen-bond donors (Lipinski definition) is 2. The van der Waals surface area contributed by atoms with E-state index in [2.05, 4.69) is 5.32 Å². The second kappa shape index (κ2) is 5.20. The number of urea groups is 1. The first kappa shape index (κ1) is 11.3. The van der Waals surface area contributed by atoms with Gasteiger partial charge in [-0.15, -0.1) is 0 Å². The Kier molecular flexibility index (Phi) is 4.20. The molecule has 0 saturated heterocycles. The fourth-order valence-corrected chi connectivity index (χ4v) is 1.43. The van der Waals surface area contributed by atoms with Crippen LogP contribution in [0.25, 0.3) is 0 Å². The van der Waals surface area contributed by atoms with E-state index in [-0.39, 0.29) is 12.1 Å². The zero-order chi connectivity index (χ0) is 10.6. The second-order valence-corrected chi connectivity index (χ2v) is 4.17. The van der Waals surface area contributed by atoms with Crippen LogP contribution in [0, 0.1) is 0 Å². The largest absolute Gasteiger partial charge is 0.336 e. The Hall–Kier alpha value is -0.770. The molecule has 0 aromatic heterocycles. The molecule has 0 spiro atoms. The van der Waals surface area contributed by atoms with E-state index in [0.717, 1.165) is 25.8 Å². The summed E-state index contributed by atoms with van der Waals surface area (Å²) in [5.74, 6) is 0. The first-order valence-corrected chi connectivity index (χ1v) is 5.42. The Balaban J connectivity index is 2.36. The van der Waals surface area contributed by atoms with Crippen LogP contribution in [0.1, 0.15) is 33.1 Å². The van der Waals surface area contributed by atoms with Crippen molar-refractivity contribution in [3.05, 3.63) is 0 Å². The molecule has 0 radical (unpaired) electrons. The SMILES string of the molecule is CC(C)NC(=O)N(CCCN)C1CC1. The van der Waals surface area contributed by atoms with Gasteiger partial charge in [0.15, 0.2) is 0 Å². The molecule has 0 atom stereocenters. The van der Waals surface area contributed by atoms with Crippen molar-refractivity contribution >= 4 is 6.03 Å². The van der Waals surface area contributed by atoms with Gasteiger partial charge in [0.1, 0.15) is 0 Å². The number of rotatable bonds is 5. The Bertz CT molecular complexity index is 190. The van der Waals surface area contributed by atoms with Gasteiger partial charge in [-0.05, 0) is 39.7 Å². The molecule has 4 heteroatoms. The second-order valence-electron chi connectivity index (χ2n) is 4.17. The zero-order valence-electron chi connectivity index (χ0n) is 9.12. The quantitative estimate of drug-likeness (QED) is 0.691. The molecule has 1 saturated carbocycles. The Labute approximate surface area is 85.8 Å². The van der Waals surface area contributed by atoms with Crippen molar-refractivity contribution in [3.8, 4) is 0 Å². The molecule has 1 aliphatic rings.